The molecule has 0 aromatic rings. The second-order valence-corrected chi connectivity index (χ2v) is 7.85. The third kappa shape index (κ3) is 15.5. The third-order valence-electron chi connectivity index (χ3n) is 5.13. The fourth-order valence-corrected chi connectivity index (χ4v) is 3.15. The Balaban J connectivity index is 3.53. The number of carbonyl (C=O) groups is 2. The van der Waals surface area contributed by atoms with E-state index in [2.05, 4.69) is 6.92 Å². The highest BCUT2D eigenvalue weighted by Crippen LogP contribution is 2.13. The third-order valence-corrected chi connectivity index (χ3v) is 5.13. The van der Waals surface area contributed by atoms with Gasteiger partial charge in [0.1, 0.15) is 31.0 Å². The van der Waals surface area contributed by atoms with Crippen LogP contribution in [0.4, 0.5) is 0 Å². The molecule has 4 atom stereocenters. The van der Waals surface area contributed by atoms with Crippen LogP contribution in [-0.4, -0.2) is 63.7 Å². The lowest BCUT2D eigenvalue weighted by atomic mass is 10.0. The Morgan fingerprint density at radius 1 is 0.759 bits per heavy atom. The standard InChI is InChI=1S/C22H42O7/c1-2-3-4-5-6-7-8-9-10-11-12-13-14-15-20(26)29-17-19(25)22(28)21(27)18(24)16-23/h16,18-19,21-22,24-25,27-28H,2-15,17H2,1H3/t18-,19-,21-,22-/m0/s1. The molecule has 29 heavy (non-hydrogen) atoms. The average Bonchev–Trinajstić information content (AvgIpc) is 2.73. The van der Waals surface area contributed by atoms with E-state index in [1.165, 1.54) is 64.2 Å². The van der Waals surface area contributed by atoms with Crippen LogP contribution in [0.1, 0.15) is 96.8 Å². The van der Waals surface area contributed by atoms with E-state index in [1.54, 1.807) is 0 Å². The molecule has 0 aromatic carbocycles. The van der Waals surface area contributed by atoms with Crippen molar-refractivity contribution in [3.05, 3.63) is 0 Å². The van der Waals surface area contributed by atoms with Gasteiger partial charge in [-0.3, -0.25) is 4.79 Å². The van der Waals surface area contributed by atoms with E-state index < -0.39 is 37.0 Å². The fraction of sp³-hybridized carbons (Fsp3) is 0.909. The zero-order chi connectivity index (χ0) is 21.9. The van der Waals surface area contributed by atoms with Gasteiger partial charge in [0.2, 0.25) is 0 Å². The molecule has 0 aliphatic heterocycles. The maximum atomic E-state index is 11.6. The summed E-state index contributed by atoms with van der Waals surface area (Å²) in [6.45, 7) is 1.73. The van der Waals surface area contributed by atoms with Gasteiger partial charge in [0.15, 0.2) is 6.29 Å². The summed E-state index contributed by atoms with van der Waals surface area (Å²) in [6, 6.07) is 0. The van der Waals surface area contributed by atoms with E-state index in [0.29, 0.717) is 6.42 Å². The Hall–Kier alpha value is -1.02. The van der Waals surface area contributed by atoms with E-state index in [-0.39, 0.29) is 12.7 Å². The van der Waals surface area contributed by atoms with Crippen LogP contribution in [0.5, 0.6) is 0 Å². The minimum atomic E-state index is -1.83. The second kappa shape index (κ2) is 19.0. The smallest absolute Gasteiger partial charge is 0.305 e. The molecule has 0 spiro atoms. The maximum Gasteiger partial charge on any atom is 0.305 e. The van der Waals surface area contributed by atoms with Crippen LogP contribution in [0.15, 0.2) is 0 Å². The van der Waals surface area contributed by atoms with Gasteiger partial charge in [-0.1, -0.05) is 84.0 Å². The van der Waals surface area contributed by atoms with Gasteiger partial charge < -0.3 is 30.0 Å². The Morgan fingerprint density at radius 2 is 1.21 bits per heavy atom. The topological polar surface area (TPSA) is 124 Å². The highest BCUT2D eigenvalue weighted by Gasteiger charge is 2.30. The molecule has 7 heteroatoms. The lowest BCUT2D eigenvalue weighted by Crippen LogP contribution is -2.46. The summed E-state index contributed by atoms with van der Waals surface area (Å²) < 4.78 is 4.87. The van der Waals surface area contributed by atoms with Crippen LogP contribution < -0.4 is 0 Å². The molecule has 0 rings (SSSR count). The first kappa shape index (κ1) is 28.0. The van der Waals surface area contributed by atoms with Crippen molar-refractivity contribution in [2.75, 3.05) is 6.61 Å². The number of aldehydes is 1. The van der Waals surface area contributed by atoms with Crippen molar-refractivity contribution in [2.45, 2.75) is 121 Å². The van der Waals surface area contributed by atoms with Crippen molar-refractivity contribution in [3.8, 4) is 0 Å². The predicted molar refractivity (Wildman–Crippen MR) is 111 cm³/mol. The molecule has 0 saturated carbocycles. The van der Waals surface area contributed by atoms with Crippen LogP contribution in [0, 0.1) is 0 Å². The second-order valence-electron chi connectivity index (χ2n) is 7.85. The van der Waals surface area contributed by atoms with Gasteiger partial charge in [-0.2, -0.15) is 0 Å². The van der Waals surface area contributed by atoms with Crippen molar-refractivity contribution in [2.24, 2.45) is 0 Å². The number of hydrogen-bond donors (Lipinski definition) is 4. The lowest BCUT2D eigenvalue weighted by molar-refractivity contribution is -0.156. The molecule has 0 heterocycles. The van der Waals surface area contributed by atoms with E-state index in [4.69, 9.17) is 9.84 Å². The Bertz CT molecular complexity index is 403. The van der Waals surface area contributed by atoms with Crippen molar-refractivity contribution >= 4 is 12.3 Å². The van der Waals surface area contributed by atoms with Gasteiger partial charge in [0.05, 0.1) is 0 Å². The summed E-state index contributed by atoms with van der Waals surface area (Å²) in [6.07, 6.45) is 9.10. The SMILES string of the molecule is CCCCCCCCCCCCCCCC(=O)OC[C@H](O)[C@H](O)[C@@H](O)[C@@H](O)C=O. The number of aliphatic hydroxyl groups is 4. The summed E-state index contributed by atoms with van der Waals surface area (Å²) in [7, 11) is 0. The molecule has 0 aliphatic carbocycles. The number of ether oxygens (including phenoxy) is 1. The van der Waals surface area contributed by atoms with E-state index >= 15 is 0 Å². The first-order valence-corrected chi connectivity index (χ1v) is 11.3. The summed E-state index contributed by atoms with van der Waals surface area (Å²) in [5.74, 6) is -0.482. The number of aliphatic hydroxyl groups excluding tert-OH is 4. The van der Waals surface area contributed by atoms with Gasteiger partial charge in [-0.25, -0.2) is 0 Å². The van der Waals surface area contributed by atoms with E-state index in [1.807, 2.05) is 0 Å². The summed E-state index contributed by atoms with van der Waals surface area (Å²) in [5, 5.41) is 37.8. The lowest BCUT2D eigenvalue weighted by Gasteiger charge is -2.23. The average molecular weight is 419 g/mol. The van der Waals surface area contributed by atoms with Crippen molar-refractivity contribution in [1.29, 1.82) is 0 Å². The minimum Gasteiger partial charge on any atom is -0.463 e. The van der Waals surface area contributed by atoms with Crippen LogP contribution in [0.2, 0.25) is 0 Å². The zero-order valence-electron chi connectivity index (χ0n) is 18.0. The monoisotopic (exact) mass is 418 g/mol. The normalized spacial score (nSPS) is 15.5. The van der Waals surface area contributed by atoms with Crippen LogP contribution in [0.25, 0.3) is 0 Å². The number of unbranched alkanes of at least 4 members (excludes halogenated alkanes) is 12. The predicted octanol–water partition coefficient (Wildman–Crippen LogP) is 2.65. The summed E-state index contributed by atoms with van der Waals surface area (Å²) >= 11 is 0. The molecule has 0 unspecified atom stereocenters. The molecule has 172 valence electrons. The van der Waals surface area contributed by atoms with E-state index in [9.17, 15) is 24.9 Å². The van der Waals surface area contributed by atoms with Gasteiger partial charge in [0, 0.05) is 6.42 Å². The Morgan fingerprint density at radius 3 is 1.66 bits per heavy atom. The van der Waals surface area contributed by atoms with Gasteiger partial charge in [0.25, 0.3) is 0 Å². The molecule has 4 N–H and O–H groups in total. The quantitative estimate of drug-likeness (QED) is 0.136. The first-order chi connectivity index (χ1) is 13.9. The maximum absolute atomic E-state index is 11.6. The van der Waals surface area contributed by atoms with Crippen LogP contribution >= 0.6 is 0 Å². The molecular formula is C22H42O7. The molecule has 0 bridgehead atoms. The van der Waals surface area contributed by atoms with Gasteiger partial charge in [-0.05, 0) is 6.42 Å². The molecular weight excluding hydrogens is 376 g/mol. The molecule has 7 nitrogen and oxygen atoms in total. The van der Waals surface area contributed by atoms with Gasteiger partial charge in [-0.15, -0.1) is 0 Å². The molecule has 0 saturated heterocycles. The number of carbonyl (C=O) groups excluding carboxylic acids is 2. The largest absolute Gasteiger partial charge is 0.463 e. The van der Waals surface area contributed by atoms with Crippen LogP contribution in [-0.2, 0) is 14.3 Å². The molecule has 0 aliphatic rings. The Labute approximate surface area is 175 Å². The van der Waals surface area contributed by atoms with Crippen molar-refractivity contribution in [1.82, 2.24) is 0 Å². The highest BCUT2D eigenvalue weighted by molar-refractivity contribution is 5.69. The number of esters is 1. The molecule has 0 fully saturated rings. The zero-order valence-corrected chi connectivity index (χ0v) is 18.0. The van der Waals surface area contributed by atoms with Gasteiger partial charge >= 0.3 is 5.97 Å². The molecule has 0 amide bonds. The molecule has 0 radical (unpaired) electrons. The molecule has 0 aromatic heterocycles. The van der Waals surface area contributed by atoms with E-state index in [0.717, 1.165) is 12.8 Å². The van der Waals surface area contributed by atoms with Crippen molar-refractivity contribution in [3.63, 3.8) is 0 Å². The highest BCUT2D eigenvalue weighted by atomic mass is 16.5. The summed E-state index contributed by atoms with van der Waals surface area (Å²) in [5.41, 5.74) is 0. The minimum absolute atomic E-state index is 0.0568. The van der Waals surface area contributed by atoms with Crippen LogP contribution in [0.3, 0.4) is 0 Å². The summed E-state index contributed by atoms with van der Waals surface area (Å²) in [4.78, 5) is 22.0. The Kier molecular flexibility index (Phi) is 18.3. The van der Waals surface area contributed by atoms with Crippen molar-refractivity contribution < 1.29 is 34.8 Å². The number of rotatable bonds is 20. The number of hydrogen-bond acceptors (Lipinski definition) is 7. The fourth-order valence-electron chi connectivity index (χ4n) is 3.15. The first-order valence-electron chi connectivity index (χ1n) is 11.3.